The minimum Gasteiger partial charge on any atom is -0.497 e. The fourth-order valence-electron chi connectivity index (χ4n) is 3.80. The normalized spacial score (nSPS) is 16.6. The van der Waals surface area contributed by atoms with Gasteiger partial charge in [-0.1, -0.05) is 0 Å². The Kier molecular flexibility index (Phi) is 5.57. The third-order valence-corrected chi connectivity index (χ3v) is 5.29. The lowest BCUT2D eigenvalue weighted by Crippen LogP contribution is -2.34. The van der Waals surface area contributed by atoms with Crippen LogP contribution in [0.3, 0.4) is 0 Å². The molecule has 0 radical (unpaired) electrons. The molecule has 0 spiro atoms. The molecule has 1 aliphatic heterocycles. The van der Waals surface area contributed by atoms with Crippen molar-refractivity contribution in [3.63, 3.8) is 0 Å². The SMILES string of the molecule is COc1ccc(-c2cc(C(=O)NCC(F)(F)F)c3c(C4CCCN4)nn(C)c3n2)cc1. The van der Waals surface area contributed by atoms with E-state index in [1.165, 1.54) is 6.07 Å². The smallest absolute Gasteiger partial charge is 0.405 e. The van der Waals surface area contributed by atoms with Gasteiger partial charge in [0.15, 0.2) is 5.65 Å². The number of amides is 1. The van der Waals surface area contributed by atoms with Crippen molar-refractivity contribution in [1.82, 2.24) is 25.4 Å². The molecule has 2 aromatic heterocycles. The Balaban J connectivity index is 1.85. The second-order valence-electron chi connectivity index (χ2n) is 7.44. The number of ether oxygens (including phenoxy) is 1. The van der Waals surface area contributed by atoms with Gasteiger partial charge in [-0.15, -0.1) is 0 Å². The van der Waals surface area contributed by atoms with Crippen molar-refractivity contribution >= 4 is 16.9 Å². The summed E-state index contributed by atoms with van der Waals surface area (Å²) in [7, 11) is 3.26. The highest BCUT2D eigenvalue weighted by Gasteiger charge is 2.31. The average Bonchev–Trinajstić information content (AvgIpc) is 3.39. The maximum Gasteiger partial charge on any atom is 0.405 e. The lowest BCUT2D eigenvalue weighted by atomic mass is 10.0. The molecule has 3 aromatic rings. The van der Waals surface area contributed by atoms with Gasteiger partial charge in [0, 0.05) is 12.6 Å². The van der Waals surface area contributed by atoms with Crippen LogP contribution in [0.2, 0.25) is 0 Å². The highest BCUT2D eigenvalue weighted by molar-refractivity contribution is 6.07. The van der Waals surface area contributed by atoms with Crippen molar-refractivity contribution in [2.45, 2.75) is 25.1 Å². The molecule has 0 aliphatic carbocycles. The highest BCUT2D eigenvalue weighted by Crippen LogP contribution is 2.33. The number of hydrogen-bond acceptors (Lipinski definition) is 5. The molecule has 164 valence electrons. The molecule has 1 aromatic carbocycles. The first-order valence-corrected chi connectivity index (χ1v) is 9.87. The van der Waals surface area contributed by atoms with Crippen molar-refractivity contribution in [2.75, 3.05) is 20.2 Å². The van der Waals surface area contributed by atoms with E-state index in [9.17, 15) is 18.0 Å². The third-order valence-electron chi connectivity index (χ3n) is 5.29. The number of nitrogens with one attached hydrogen (secondary N) is 2. The predicted molar refractivity (Wildman–Crippen MR) is 109 cm³/mol. The number of halogens is 3. The molecular formula is C21H22F3N5O2. The van der Waals surface area contributed by atoms with Gasteiger partial charge in [0.2, 0.25) is 0 Å². The first-order valence-electron chi connectivity index (χ1n) is 9.87. The second-order valence-corrected chi connectivity index (χ2v) is 7.44. The largest absolute Gasteiger partial charge is 0.497 e. The van der Waals surface area contributed by atoms with E-state index in [1.807, 2.05) is 5.32 Å². The monoisotopic (exact) mass is 433 g/mol. The first-order chi connectivity index (χ1) is 14.8. The van der Waals surface area contributed by atoms with E-state index in [1.54, 1.807) is 43.1 Å². The zero-order valence-corrected chi connectivity index (χ0v) is 17.1. The predicted octanol–water partition coefficient (Wildman–Crippen LogP) is 3.36. The van der Waals surface area contributed by atoms with Gasteiger partial charge >= 0.3 is 6.18 Å². The number of carbonyl (C=O) groups is 1. The molecule has 1 aliphatic rings. The van der Waals surface area contributed by atoms with Crippen molar-refractivity contribution in [1.29, 1.82) is 0 Å². The summed E-state index contributed by atoms with van der Waals surface area (Å²) in [6.45, 7) is -0.597. The number of hydrogen-bond donors (Lipinski definition) is 2. The molecule has 1 unspecified atom stereocenters. The van der Waals surface area contributed by atoms with Crippen LogP contribution in [0.25, 0.3) is 22.3 Å². The molecule has 2 N–H and O–H groups in total. The summed E-state index contributed by atoms with van der Waals surface area (Å²) in [4.78, 5) is 17.5. The van der Waals surface area contributed by atoms with Crippen LogP contribution < -0.4 is 15.4 Å². The zero-order chi connectivity index (χ0) is 22.2. The van der Waals surface area contributed by atoms with Crippen molar-refractivity contribution in [2.24, 2.45) is 7.05 Å². The van der Waals surface area contributed by atoms with Gasteiger partial charge in [0.05, 0.1) is 35.5 Å². The van der Waals surface area contributed by atoms with E-state index >= 15 is 0 Å². The van der Waals surface area contributed by atoms with Crippen LogP contribution in [0, 0.1) is 0 Å². The Morgan fingerprint density at radius 3 is 2.68 bits per heavy atom. The minimum absolute atomic E-state index is 0.0773. The van der Waals surface area contributed by atoms with E-state index in [0.29, 0.717) is 33.7 Å². The highest BCUT2D eigenvalue weighted by atomic mass is 19.4. The number of carbonyl (C=O) groups excluding carboxylic acids is 1. The summed E-state index contributed by atoms with van der Waals surface area (Å²) < 4.78 is 44.9. The van der Waals surface area contributed by atoms with Gasteiger partial charge in [-0.2, -0.15) is 18.3 Å². The summed E-state index contributed by atoms with van der Waals surface area (Å²) in [6.07, 6.45) is -2.73. The molecule has 1 amide bonds. The minimum atomic E-state index is -4.51. The summed E-state index contributed by atoms with van der Waals surface area (Å²) >= 11 is 0. The van der Waals surface area contributed by atoms with Crippen molar-refractivity contribution < 1.29 is 22.7 Å². The lowest BCUT2D eigenvalue weighted by Gasteiger charge is -2.13. The zero-order valence-electron chi connectivity index (χ0n) is 17.1. The average molecular weight is 433 g/mol. The number of benzene rings is 1. The molecule has 4 rings (SSSR count). The number of nitrogens with zero attached hydrogens (tertiary/aromatic N) is 3. The van der Waals surface area contributed by atoms with Crippen molar-refractivity contribution in [3.8, 4) is 17.0 Å². The number of alkyl halides is 3. The van der Waals surface area contributed by atoms with Gasteiger partial charge in [-0.05, 0) is 49.7 Å². The molecule has 0 bridgehead atoms. The van der Waals surface area contributed by atoms with Crippen LogP contribution >= 0.6 is 0 Å². The van der Waals surface area contributed by atoms with Crippen LogP contribution in [0.1, 0.15) is 34.9 Å². The van der Waals surface area contributed by atoms with E-state index in [0.717, 1.165) is 19.4 Å². The van der Waals surface area contributed by atoms with E-state index in [4.69, 9.17) is 4.74 Å². The summed E-state index contributed by atoms with van der Waals surface area (Å²) in [5.41, 5.74) is 2.35. The molecule has 1 atom stereocenters. The van der Waals surface area contributed by atoms with Crippen LogP contribution in [0.15, 0.2) is 30.3 Å². The van der Waals surface area contributed by atoms with Crippen LogP contribution in [0.4, 0.5) is 13.2 Å². The van der Waals surface area contributed by atoms with E-state index < -0.39 is 18.6 Å². The first kappa shape index (κ1) is 21.1. The standard InChI is InChI=1S/C21H22F3N5O2/c1-29-19-17(18(28-29)15-4-3-9-25-15)14(20(30)26-11-21(22,23)24)10-16(27-19)12-5-7-13(31-2)8-6-12/h5-8,10,15,25H,3-4,9,11H2,1-2H3,(H,26,30). The quantitative estimate of drug-likeness (QED) is 0.645. The summed E-state index contributed by atoms with van der Waals surface area (Å²) in [6, 6.07) is 8.51. The molecule has 3 heterocycles. The van der Waals surface area contributed by atoms with Crippen LogP contribution in [-0.2, 0) is 7.05 Å². The Hall–Kier alpha value is -3.14. The molecule has 0 saturated carbocycles. The van der Waals surface area contributed by atoms with E-state index in [2.05, 4.69) is 15.4 Å². The Bertz CT molecular complexity index is 1100. The van der Waals surface area contributed by atoms with Gasteiger partial charge in [0.1, 0.15) is 12.3 Å². The second kappa shape index (κ2) is 8.18. The van der Waals surface area contributed by atoms with Gasteiger partial charge in [0.25, 0.3) is 5.91 Å². The third kappa shape index (κ3) is 4.34. The molecule has 1 fully saturated rings. The van der Waals surface area contributed by atoms with Crippen molar-refractivity contribution in [3.05, 3.63) is 41.6 Å². The maximum absolute atomic E-state index is 12.8. The maximum atomic E-state index is 12.8. The molecule has 31 heavy (non-hydrogen) atoms. The van der Waals surface area contributed by atoms with Gasteiger partial charge in [-0.3, -0.25) is 9.48 Å². The number of pyridine rings is 1. The molecule has 1 saturated heterocycles. The topological polar surface area (TPSA) is 81.1 Å². The Morgan fingerprint density at radius 1 is 1.32 bits per heavy atom. The number of aromatic nitrogens is 3. The number of aryl methyl sites for hydroxylation is 1. The van der Waals surface area contributed by atoms with Gasteiger partial charge in [-0.25, -0.2) is 4.98 Å². The Morgan fingerprint density at radius 2 is 2.06 bits per heavy atom. The Labute approximate surface area is 176 Å². The van der Waals surface area contributed by atoms with E-state index in [-0.39, 0.29) is 11.6 Å². The fourth-order valence-corrected chi connectivity index (χ4v) is 3.80. The summed E-state index contributed by atoms with van der Waals surface area (Å²) in [5.74, 6) is -0.158. The van der Waals surface area contributed by atoms with Gasteiger partial charge < -0.3 is 15.4 Å². The fraction of sp³-hybridized carbons (Fsp3) is 0.381. The number of rotatable bonds is 5. The van der Waals surface area contributed by atoms with Crippen LogP contribution in [-0.4, -0.2) is 47.0 Å². The molecular weight excluding hydrogens is 411 g/mol. The number of fused-ring (bicyclic) bond motifs is 1. The van der Waals surface area contributed by atoms with Crippen LogP contribution in [0.5, 0.6) is 5.75 Å². The lowest BCUT2D eigenvalue weighted by molar-refractivity contribution is -0.123. The molecule has 10 heteroatoms. The number of methoxy groups -OCH3 is 1. The molecule has 7 nitrogen and oxygen atoms in total. The summed E-state index contributed by atoms with van der Waals surface area (Å²) in [5, 5.41) is 10.3.